The van der Waals surface area contributed by atoms with Gasteiger partial charge in [0, 0.05) is 11.9 Å². The second-order valence-electron chi connectivity index (χ2n) is 5.54. The largest absolute Gasteiger partial charge is 0.300 e. The van der Waals surface area contributed by atoms with Crippen molar-refractivity contribution in [1.29, 1.82) is 0 Å². The molecule has 2 rings (SSSR count). The molecule has 16 heavy (non-hydrogen) atoms. The van der Waals surface area contributed by atoms with Crippen LogP contribution in [0.15, 0.2) is 0 Å². The van der Waals surface area contributed by atoms with Crippen LogP contribution in [-0.4, -0.2) is 29.9 Å². The zero-order valence-electron chi connectivity index (χ0n) is 10.5. The van der Waals surface area contributed by atoms with Crippen LogP contribution in [0.1, 0.15) is 57.8 Å². The Bertz CT molecular complexity index is 195. The van der Waals surface area contributed by atoms with Gasteiger partial charge in [-0.3, -0.25) is 0 Å². The molecule has 2 fully saturated rings. The van der Waals surface area contributed by atoms with E-state index in [1.165, 1.54) is 70.9 Å². The first-order valence-electron chi connectivity index (χ1n) is 7.22. The summed E-state index contributed by atoms with van der Waals surface area (Å²) in [5, 5.41) is 0. The molecule has 0 radical (unpaired) electrons. The van der Waals surface area contributed by atoms with Gasteiger partial charge in [0.1, 0.15) is 0 Å². The lowest BCUT2D eigenvalue weighted by molar-refractivity contribution is 0.179. The van der Waals surface area contributed by atoms with Crippen molar-refractivity contribution in [3.63, 3.8) is 0 Å². The standard InChI is InChI=1S/C14H26ClN/c15-10-5-1-2-6-11-16-12-9-13-7-3-4-8-14(13)16/h13-14H,1-12H2. The van der Waals surface area contributed by atoms with Crippen molar-refractivity contribution in [2.75, 3.05) is 19.0 Å². The first kappa shape index (κ1) is 12.7. The van der Waals surface area contributed by atoms with Gasteiger partial charge < -0.3 is 4.90 Å². The average molecular weight is 244 g/mol. The molecule has 0 aromatic carbocycles. The SMILES string of the molecule is ClCCCCCCN1CCC2CCCCC21. The fourth-order valence-electron chi connectivity index (χ4n) is 3.54. The van der Waals surface area contributed by atoms with Gasteiger partial charge in [-0.25, -0.2) is 0 Å². The van der Waals surface area contributed by atoms with Gasteiger partial charge >= 0.3 is 0 Å². The number of alkyl halides is 1. The van der Waals surface area contributed by atoms with Gasteiger partial charge in [0.05, 0.1) is 0 Å². The van der Waals surface area contributed by atoms with Crippen LogP contribution in [-0.2, 0) is 0 Å². The van der Waals surface area contributed by atoms with Crippen molar-refractivity contribution in [1.82, 2.24) is 4.90 Å². The Morgan fingerprint density at radius 3 is 2.62 bits per heavy atom. The van der Waals surface area contributed by atoms with Gasteiger partial charge in [0.25, 0.3) is 0 Å². The Kier molecular flexibility index (Phi) is 5.44. The van der Waals surface area contributed by atoms with E-state index in [1.807, 2.05) is 0 Å². The zero-order valence-corrected chi connectivity index (χ0v) is 11.2. The summed E-state index contributed by atoms with van der Waals surface area (Å²) >= 11 is 5.69. The minimum absolute atomic E-state index is 0.842. The van der Waals surface area contributed by atoms with Crippen LogP contribution in [0.4, 0.5) is 0 Å². The Hall–Kier alpha value is 0.250. The number of hydrogen-bond acceptors (Lipinski definition) is 1. The molecule has 0 spiro atoms. The summed E-state index contributed by atoms with van der Waals surface area (Å²) in [5.41, 5.74) is 0. The predicted octanol–water partition coefficient (Wildman–Crippen LogP) is 4.05. The number of hydrogen-bond donors (Lipinski definition) is 0. The molecule has 2 atom stereocenters. The highest BCUT2D eigenvalue weighted by Crippen LogP contribution is 2.36. The van der Waals surface area contributed by atoms with Crippen LogP contribution in [0, 0.1) is 5.92 Å². The number of rotatable bonds is 6. The van der Waals surface area contributed by atoms with Crippen LogP contribution >= 0.6 is 11.6 Å². The van der Waals surface area contributed by atoms with Crippen molar-refractivity contribution >= 4 is 11.6 Å². The molecule has 0 aromatic heterocycles. The maximum Gasteiger partial charge on any atom is 0.0223 e. The third kappa shape index (κ3) is 3.37. The topological polar surface area (TPSA) is 3.24 Å². The van der Waals surface area contributed by atoms with E-state index in [2.05, 4.69) is 4.90 Å². The summed E-state index contributed by atoms with van der Waals surface area (Å²) in [4.78, 5) is 2.78. The van der Waals surface area contributed by atoms with Gasteiger partial charge in [0.2, 0.25) is 0 Å². The highest BCUT2D eigenvalue weighted by atomic mass is 35.5. The van der Waals surface area contributed by atoms with E-state index < -0.39 is 0 Å². The summed E-state index contributed by atoms with van der Waals surface area (Å²) in [5.74, 6) is 1.89. The number of fused-ring (bicyclic) bond motifs is 1. The Morgan fingerprint density at radius 2 is 1.75 bits per heavy atom. The Morgan fingerprint density at radius 1 is 0.938 bits per heavy atom. The van der Waals surface area contributed by atoms with E-state index in [-0.39, 0.29) is 0 Å². The molecule has 1 aliphatic carbocycles. The van der Waals surface area contributed by atoms with Gasteiger partial charge in [-0.1, -0.05) is 25.7 Å². The van der Waals surface area contributed by atoms with Crippen LogP contribution in [0.2, 0.25) is 0 Å². The molecule has 1 heterocycles. The molecule has 2 aliphatic rings. The lowest BCUT2D eigenvalue weighted by atomic mass is 9.85. The van der Waals surface area contributed by atoms with Gasteiger partial charge in [-0.2, -0.15) is 0 Å². The molecule has 1 saturated carbocycles. The molecule has 2 unspecified atom stereocenters. The van der Waals surface area contributed by atoms with E-state index in [1.54, 1.807) is 0 Å². The zero-order chi connectivity index (χ0) is 11.2. The van der Waals surface area contributed by atoms with Gasteiger partial charge in [0.15, 0.2) is 0 Å². The van der Waals surface area contributed by atoms with Crippen molar-refractivity contribution in [3.05, 3.63) is 0 Å². The van der Waals surface area contributed by atoms with Crippen molar-refractivity contribution in [2.24, 2.45) is 5.92 Å². The molecular formula is C14H26ClN. The van der Waals surface area contributed by atoms with Crippen molar-refractivity contribution in [3.8, 4) is 0 Å². The Labute approximate surface area is 106 Å². The third-order valence-corrected chi connectivity index (χ3v) is 4.72. The summed E-state index contributed by atoms with van der Waals surface area (Å²) in [6, 6.07) is 0.960. The third-order valence-electron chi connectivity index (χ3n) is 4.45. The molecule has 0 bridgehead atoms. The molecule has 1 saturated heterocycles. The number of unbranched alkanes of at least 4 members (excludes halogenated alkanes) is 3. The molecular weight excluding hydrogens is 218 g/mol. The van der Waals surface area contributed by atoms with Crippen LogP contribution in [0.25, 0.3) is 0 Å². The smallest absolute Gasteiger partial charge is 0.0223 e. The van der Waals surface area contributed by atoms with Crippen LogP contribution in [0.5, 0.6) is 0 Å². The highest BCUT2D eigenvalue weighted by molar-refractivity contribution is 6.17. The van der Waals surface area contributed by atoms with E-state index in [0.717, 1.165) is 17.8 Å². The first-order valence-corrected chi connectivity index (χ1v) is 7.75. The molecule has 0 aromatic rings. The van der Waals surface area contributed by atoms with E-state index in [0.29, 0.717) is 0 Å². The normalized spacial score (nSPS) is 30.6. The maximum atomic E-state index is 5.69. The van der Waals surface area contributed by atoms with Crippen molar-refractivity contribution < 1.29 is 0 Å². The summed E-state index contributed by atoms with van der Waals surface area (Å²) in [7, 11) is 0. The quantitative estimate of drug-likeness (QED) is 0.503. The lowest BCUT2D eigenvalue weighted by Gasteiger charge is -2.31. The maximum absolute atomic E-state index is 5.69. The molecule has 0 amide bonds. The summed E-state index contributed by atoms with van der Waals surface area (Å²) in [6.45, 7) is 2.73. The fraction of sp³-hybridized carbons (Fsp3) is 1.00. The number of halogens is 1. The highest BCUT2D eigenvalue weighted by Gasteiger charge is 2.34. The minimum Gasteiger partial charge on any atom is -0.300 e. The Balaban J connectivity index is 1.62. The first-order chi connectivity index (χ1) is 7.92. The minimum atomic E-state index is 0.842. The van der Waals surface area contributed by atoms with Crippen LogP contribution in [0.3, 0.4) is 0 Å². The average Bonchev–Trinajstić information content (AvgIpc) is 2.73. The molecule has 2 heteroatoms. The second kappa shape index (κ2) is 6.86. The summed E-state index contributed by atoms with van der Waals surface area (Å²) < 4.78 is 0. The van der Waals surface area contributed by atoms with Crippen molar-refractivity contribution in [2.45, 2.75) is 63.8 Å². The predicted molar refractivity (Wildman–Crippen MR) is 71.1 cm³/mol. The van der Waals surface area contributed by atoms with Gasteiger partial charge in [-0.05, 0) is 51.1 Å². The van der Waals surface area contributed by atoms with E-state index in [9.17, 15) is 0 Å². The van der Waals surface area contributed by atoms with Gasteiger partial charge in [-0.15, -0.1) is 11.6 Å². The molecule has 94 valence electrons. The molecule has 0 N–H and O–H groups in total. The molecule has 1 nitrogen and oxygen atoms in total. The van der Waals surface area contributed by atoms with Crippen LogP contribution < -0.4 is 0 Å². The number of likely N-dealkylation sites (tertiary alicyclic amines) is 1. The lowest BCUT2D eigenvalue weighted by Crippen LogP contribution is -2.35. The number of nitrogens with zero attached hydrogens (tertiary/aromatic N) is 1. The second-order valence-corrected chi connectivity index (χ2v) is 5.92. The monoisotopic (exact) mass is 243 g/mol. The fourth-order valence-corrected chi connectivity index (χ4v) is 3.73. The summed E-state index contributed by atoms with van der Waals surface area (Å²) in [6.07, 6.45) is 12.7. The van der Waals surface area contributed by atoms with E-state index >= 15 is 0 Å². The van der Waals surface area contributed by atoms with E-state index in [4.69, 9.17) is 11.6 Å². The molecule has 1 aliphatic heterocycles.